The van der Waals surface area contributed by atoms with E-state index in [4.69, 9.17) is 16.0 Å². The number of benzene rings is 2. The van der Waals surface area contributed by atoms with Crippen LogP contribution in [0.1, 0.15) is 6.92 Å². The summed E-state index contributed by atoms with van der Waals surface area (Å²) in [5.74, 6) is -0.508. The molecule has 3 aromatic rings. The molecule has 116 valence electrons. The molecule has 0 unspecified atom stereocenters. The topological polar surface area (TPSA) is 102 Å². The molecule has 7 nitrogen and oxygen atoms in total. The lowest BCUT2D eigenvalue weighted by atomic mass is 10.1. The summed E-state index contributed by atoms with van der Waals surface area (Å²) < 4.78 is 5.55. The Hall–Kier alpha value is -2.93. The molecule has 0 aliphatic rings. The fourth-order valence-corrected chi connectivity index (χ4v) is 2.66. The van der Waals surface area contributed by atoms with E-state index in [1.54, 1.807) is 18.2 Å². The molecule has 0 radical (unpaired) electrons. The van der Waals surface area contributed by atoms with E-state index in [-0.39, 0.29) is 32.6 Å². The highest BCUT2D eigenvalue weighted by Crippen LogP contribution is 2.38. The van der Waals surface area contributed by atoms with Gasteiger partial charge in [-0.1, -0.05) is 23.7 Å². The lowest BCUT2D eigenvalue weighted by molar-refractivity contribution is -0.382. The van der Waals surface area contributed by atoms with Gasteiger partial charge in [-0.2, -0.15) is 0 Å². The van der Waals surface area contributed by atoms with E-state index in [0.29, 0.717) is 0 Å². The predicted octanol–water partition coefficient (Wildman–Crippen LogP) is 3.47. The van der Waals surface area contributed by atoms with Crippen molar-refractivity contribution in [3.05, 3.63) is 55.7 Å². The second-order valence-electron chi connectivity index (χ2n) is 4.82. The van der Waals surface area contributed by atoms with Crippen molar-refractivity contribution in [3.8, 4) is 0 Å². The Bertz CT molecular complexity index is 1040. The molecule has 0 aliphatic heterocycles. The molecule has 8 heteroatoms. The van der Waals surface area contributed by atoms with Crippen LogP contribution in [0.2, 0.25) is 5.02 Å². The molecule has 2 aromatic carbocycles. The zero-order valence-electron chi connectivity index (χ0n) is 11.8. The maximum Gasteiger partial charge on any atom is 0.335 e. The number of nitrogens with zero attached hydrogens (tertiary/aromatic N) is 1. The van der Waals surface area contributed by atoms with Gasteiger partial charge in [-0.3, -0.25) is 19.7 Å². The van der Waals surface area contributed by atoms with Crippen LogP contribution in [0.25, 0.3) is 21.9 Å². The molecule has 0 aliphatic carbocycles. The molecule has 1 N–H and O–H groups in total. The first-order chi connectivity index (χ1) is 10.9. The van der Waals surface area contributed by atoms with E-state index in [0.717, 1.165) is 0 Å². The quantitative estimate of drug-likeness (QED) is 0.439. The summed E-state index contributed by atoms with van der Waals surface area (Å²) >= 11 is 6.09. The van der Waals surface area contributed by atoms with Crippen molar-refractivity contribution in [2.24, 2.45) is 0 Å². The summed E-state index contributed by atoms with van der Waals surface area (Å²) in [5.41, 5.74) is -1.18. The molecule has 0 atom stereocenters. The van der Waals surface area contributed by atoms with Crippen molar-refractivity contribution < 1.29 is 14.1 Å². The van der Waals surface area contributed by atoms with E-state index in [9.17, 15) is 19.7 Å². The summed E-state index contributed by atoms with van der Waals surface area (Å²) in [4.78, 5) is 34.5. The average Bonchev–Trinajstić information content (AvgIpc) is 2.46. The highest BCUT2D eigenvalue weighted by atomic mass is 35.5. The monoisotopic (exact) mass is 332 g/mol. The number of carbonyl (C=O) groups is 1. The molecular formula is C15H9ClN2O5. The zero-order chi connectivity index (χ0) is 16.7. The van der Waals surface area contributed by atoms with E-state index in [1.165, 1.54) is 19.1 Å². The molecule has 23 heavy (non-hydrogen) atoms. The number of rotatable bonds is 2. The molecule has 0 saturated carbocycles. The van der Waals surface area contributed by atoms with E-state index < -0.39 is 21.9 Å². The summed E-state index contributed by atoms with van der Waals surface area (Å²) in [6, 6.07) is 7.54. The van der Waals surface area contributed by atoms with Crippen molar-refractivity contribution >= 4 is 50.8 Å². The third-order valence-electron chi connectivity index (χ3n) is 3.27. The van der Waals surface area contributed by atoms with Crippen LogP contribution < -0.4 is 10.7 Å². The number of hydrogen-bond acceptors (Lipinski definition) is 5. The first kappa shape index (κ1) is 15.0. The summed E-state index contributed by atoms with van der Waals surface area (Å²) in [6.07, 6.45) is 0. The molecule has 0 fully saturated rings. The minimum atomic E-state index is -0.721. The number of nitro benzene ring substituents is 1. The van der Waals surface area contributed by atoms with Gasteiger partial charge in [0.2, 0.25) is 16.9 Å². The highest BCUT2D eigenvalue weighted by Gasteiger charge is 2.26. The van der Waals surface area contributed by atoms with Gasteiger partial charge in [0, 0.05) is 6.92 Å². The van der Waals surface area contributed by atoms with Crippen molar-refractivity contribution in [2.45, 2.75) is 6.92 Å². The Morgan fingerprint density at radius 1 is 1.35 bits per heavy atom. The van der Waals surface area contributed by atoms with Crippen LogP contribution >= 0.6 is 11.6 Å². The van der Waals surface area contributed by atoms with Crippen molar-refractivity contribution in [3.63, 3.8) is 0 Å². The van der Waals surface area contributed by atoms with Crippen molar-refractivity contribution in [1.29, 1.82) is 0 Å². The molecule has 0 saturated heterocycles. The maximum atomic E-state index is 12.6. The van der Waals surface area contributed by atoms with Gasteiger partial charge < -0.3 is 9.73 Å². The van der Waals surface area contributed by atoms with E-state index in [2.05, 4.69) is 5.32 Å². The minimum absolute atomic E-state index is 0.0335. The van der Waals surface area contributed by atoms with Gasteiger partial charge in [-0.15, -0.1) is 0 Å². The number of anilines is 1. The van der Waals surface area contributed by atoms with Crippen LogP contribution in [0, 0.1) is 10.1 Å². The highest BCUT2D eigenvalue weighted by molar-refractivity contribution is 6.36. The predicted molar refractivity (Wildman–Crippen MR) is 86.0 cm³/mol. The fraction of sp³-hybridized carbons (Fsp3) is 0.0667. The molecular weight excluding hydrogens is 324 g/mol. The summed E-state index contributed by atoms with van der Waals surface area (Å²) in [5, 5.41) is 13.9. The van der Waals surface area contributed by atoms with E-state index in [1.807, 2.05) is 0 Å². The van der Waals surface area contributed by atoms with Gasteiger partial charge in [-0.05, 0) is 18.2 Å². The van der Waals surface area contributed by atoms with Gasteiger partial charge >= 0.3 is 5.69 Å². The Morgan fingerprint density at radius 3 is 2.70 bits per heavy atom. The third kappa shape index (κ3) is 2.40. The number of nitrogens with one attached hydrogen (secondary N) is 1. The minimum Gasteiger partial charge on any atom is -0.448 e. The third-order valence-corrected chi connectivity index (χ3v) is 3.57. The first-order valence-corrected chi connectivity index (χ1v) is 6.88. The van der Waals surface area contributed by atoms with Crippen LogP contribution in [-0.2, 0) is 4.79 Å². The first-order valence-electron chi connectivity index (χ1n) is 6.50. The second kappa shape index (κ2) is 5.36. The van der Waals surface area contributed by atoms with Crippen molar-refractivity contribution in [1.82, 2.24) is 0 Å². The van der Waals surface area contributed by atoms with Gasteiger partial charge in [-0.25, -0.2) is 0 Å². The number of hydrogen-bond donors (Lipinski definition) is 1. The Labute approximate surface area is 133 Å². The van der Waals surface area contributed by atoms with Crippen molar-refractivity contribution in [2.75, 3.05) is 5.32 Å². The van der Waals surface area contributed by atoms with Gasteiger partial charge in [0.15, 0.2) is 0 Å². The molecule has 1 heterocycles. The number of amides is 1. The van der Waals surface area contributed by atoms with Crippen LogP contribution in [0.15, 0.2) is 39.5 Å². The maximum absolute atomic E-state index is 12.6. The summed E-state index contributed by atoms with van der Waals surface area (Å²) in [7, 11) is 0. The van der Waals surface area contributed by atoms with Crippen LogP contribution in [-0.4, -0.2) is 10.8 Å². The van der Waals surface area contributed by atoms with Crippen LogP contribution in [0.3, 0.4) is 0 Å². The number of fused-ring (bicyclic) bond motifs is 2. The Balaban J connectivity index is 2.55. The Kier molecular flexibility index (Phi) is 3.49. The van der Waals surface area contributed by atoms with Gasteiger partial charge in [0.05, 0.1) is 20.7 Å². The van der Waals surface area contributed by atoms with E-state index >= 15 is 0 Å². The standard InChI is InChI=1S/C15H9ClN2O5/c1-7(19)17-10-6-9(16)12-14(20)8-4-2-3-5-11(8)23-15(12)13(10)18(21)22/h2-6H,1H3,(H,17,19). The lowest BCUT2D eigenvalue weighted by Crippen LogP contribution is -2.10. The normalized spacial score (nSPS) is 10.9. The molecule has 3 rings (SSSR count). The number of carbonyl (C=O) groups excluding carboxylic acids is 1. The second-order valence-corrected chi connectivity index (χ2v) is 5.23. The number of para-hydroxylation sites is 1. The average molecular weight is 333 g/mol. The smallest absolute Gasteiger partial charge is 0.335 e. The lowest BCUT2D eigenvalue weighted by Gasteiger charge is -2.08. The molecule has 0 bridgehead atoms. The van der Waals surface area contributed by atoms with Crippen LogP contribution in [0.4, 0.5) is 11.4 Å². The largest absolute Gasteiger partial charge is 0.448 e. The zero-order valence-corrected chi connectivity index (χ0v) is 12.5. The van der Waals surface area contributed by atoms with Crippen LogP contribution in [0.5, 0.6) is 0 Å². The molecule has 1 amide bonds. The van der Waals surface area contributed by atoms with Gasteiger partial charge in [0.25, 0.3) is 0 Å². The SMILES string of the molecule is CC(=O)Nc1cc(Cl)c2c(=O)c3ccccc3oc2c1[N+](=O)[O-]. The molecule has 0 spiro atoms. The molecule has 1 aromatic heterocycles. The Morgan fingerprint density at radius 2 is 2.04 bits per heavy atom. The number of halogens is 1. The summed E-state index contributed by atoms with van der Waals surface area (Å²) in [6.45, 7) is 1.21. The fourth-order valence-electron chi connectivity index (χ4n) is 2.38. The number of nitro groups is 1. The van der Waals surface area contributed by atoms with Gasteiger partial charge in [0.1, 0.15) is 11.3 Å².